The molecule has 0 saturated heterocycles. The lowest BCUT2D eigenvalue weighted by Crippen LogP contribution is -1.95. The summed E-state index contributed by atoms with van der Waals surface area (Å²) < 4.78 is 4.76. The van der Waals surface area contributed by atoms with Crippen molar-refractivity contribution in [3.8, 4) is 46.0 Å². The number of rotatable bonds is 4. The van der Waals surface area contributed by atoms with E-state index in [-0.39, 0.29) is 0 Å². The van der Waals surface area contributed by atoms with Crippen molar-refractivity contribution in [2.24, 2.45) is 0 Å². The fraction of sp³-hybridized carbons (Fsp3) is 0. The second-order valence-corrected chi connectivity index (χ2v) is 15.9. The quantitative estimate of drug-likeness (QED) is 0.0961. The number of nitrogens with zero attached hydrogens (tertiary/aromatic N) is 2. The van der Waals surface area contributed by atoms with E-state index in [2.05, 4.69) is 215 Å². The minimum absolute atomic E-state index is 0.909. The Morgan fingerprint density at radius 2 is 0.717 bits per heavy atom. The van der Waals surface area contributed by atoms with E-state index in [0.717, 1.165) is 22.3 Å². The lowest BCUT2D eigenvalue weighted by atomic mass is 9.82. The lowest BCUT2D eigenvalue weighted by molar-refractivity contribution is 1.18. The zero-order valence-electron chi connectivity index (χ0n) is 32.5. The fourth-order valence-electron chi connectivity index (χ4n) is 10.4. The molecule has 13 aromatic rings. The maximum absolute atomic E-state index is 6.23. The first-order valence-corrected chi connectivity index (χ1v) is 20.6. The maximum Gasteiger partial charge on any atom is 0.0541 e. The maximum atomic E-state index is 6.23. The molecular formula is C58H34N2. The Bertz CT molecular complexity index is 3820. The molecule has 0 radical (unpaired) electrons. The average molecular weight is 759 g/mol. The molecule has 0 unspecified atom stereocenters. The lowest BCUT2D eigenvalue weighted by Gasteiger charge is -2.20. The minimum atomic E-state index is 0.909. The monoisotopic (exact) mass is 758 g/mol. The predicted molar refractivity (Wildman–Crippen MR) is 255 cm³/mol. The van der Waals surface area contributed by atoms with Crippen LogP contribution in [-0.2, 0) is 0 Å². The summed E-state index contributed by atoms with van der Waals surface area (Å²) in [5.74, 6) is 3.02. The number of benzene rings is 11. The summed E-state index contributed by atoms with van der Waals surface area (Å²) in [6.45, 7) is 0. The van der Waals surface area contributed by atoms with E-state index in [0.29, 0.717) is 0 Å². The predicted octanol–water partition coefficient (Wildman–Crippen LogP) is 15.2. The van der Waals surface area contributed by atoms with Gasteiger partial charge in [0, 0.05) is 38.5 Å². The highest BCUT2D eigenvalue weighted by Crippen LogP contribution is 2.48. The molecular weight excluding hydrogens is 725 g/mol. The molecule has 0 aliphatic heterocycles. The summed E-state index contributed by atoms with van der Waals surface area (Å²) in [5, 5.41) is 14.8. The van der Waals surface area contributed by atoms with Gasteiger partial charge in [0.05, 0.1) is 22.1 Å². The average Bonchev–Trinajstić information content (AvgIpc) is 3.83. The Morgan fingerprint density at radius 3 is 1.22 bits per heavy atom. The molecule has 0 atom stereocenters. The highest BCUT2D eigenvalue weighted by atomic mass is 15.0. The zero-order valence-corrected chi connectivity index (χ0v) is 32.5. The van der Waals surface area contributed by atoms with E-state index >= 15 is 0 Å². The Morgan fingerprint density at radius 1 is 0.300 bits per heavy atom. The molecule has 2 aromatic heterocycles. The highest BCUT2D eigenvalue weighted by molar-refractivity contribution is 6.38. The summed E-state index contributed by atoms with van der Waals surface area (Å²) in [4.78, 5) is 0. The van der Waals surface area contributed by atoms with Crippen LogP contribution in [0.5, 0.6) is 0 Å². The molecule has 2 nitrogen and oxygen atoms in total. The molecule has 0 bridgehead atoms. The molecule has 0 aliphatic rings. The van der Waals surface area contributed by atoms with Gasteiger partial charge in [0.25, 0.3) is 0 Å². The second-order valence-electron chi connectivity index (χ2n) is 15.9. The van der Waals surface area contributed by atoms with Crippen molar-refractivity contribution >= 4 is 86.7 Å². The number of hydrogen-bond donors (Lipinski definition) is 0. The number of hydrogen-bond acceptors (Lipinski definition) is 0. The van der Waals surface area contributed by atoms with Gasteiger partial charge in [-0.15, -0.1) is 6.42 Å². The molecule has 2 heterocycles. The van der Waals surface area contributed by atoms with Crippen molar-refractivity contribution in [1.82, 2.24) is 9.13 Å². The van der Waals surface area contributed by atoms with Crippen molar-refractivity contribution in [3.63, 3.8) is 0 Å². The van der Waals surface area contributed by atoms with Crippen LogP contribution in [0.4, 0.5) is 0 Å². The van der Waals surface area contributed by atoms with Crippen LogP contribution in [0.25, 0.3) is 120 Å². The number of para-hydroxylation sites is 4. The van der Waals surface area contributed by atoms with Crippen molar-refractivity contribution in [2.75, 3.05) is 0 Å². The van der Waals surface area contributed by atoms with Crippen molar-refractivity contribution in [2.45, 2.75) is 0 Å². The van der Waals surface area contributed by atoms with Gasteiger partial charge in [-0.3, -0.25) is 0 Å². The van der Waals surface area contributed by atoms with E-state index in [1.54, 1.807) is 0 Å². The molecule has 11 aromatic carbocycles. The van der Waals surface area contributed by atoms with E-state index in [1.807, 2.05) is 0 Å². The number of aromatic nitrogens is 2. The third-order valence-corrected chi connectivity index (χ3v) is 13.0. The Kier molecular flexibility index (Phi) is 6.82. The van der Waals surface area contributed by atoms with Gasteiger partial charge in [0.2, 0.25) is 0 Å². The van der Waals surface area contributed by atoms with Gasteiger partial charge in [0.1, 0.15) is 0 Å². The zero-order chi connectivity index (χ0) is 39.5. The SMILES string of the molecule is C#Cc1ccc2c3c(-c4ccc(-n5c6ccccc6c6ccccc65)cc4)ccc4cccc(c5c(-c6ccc(-n7c8ccccc8c8ccccc87)cc6)ccc1c25)c43. The van der Waals surface area contributed by atoms with Crippen molar-refractivity contribution < 1.29 is 0 Å². The molecule has 2 heteroatoms. The van der Waals surface area contributed by atoms with Gasteiger partial charge in [-0.1, -0.05) is 152 Å². The first-order valence-electron chi connectivity index (χ1n) is 20.6. The smallest absolute Gasteiger partial charge is 0.0541 e. The third-order valence-electron chi connectivity index (χ3n) is 13.0. The Labute approximate surface area is 346 Å². The third kappa shape index (κ3) is 4.49. The molecule has 60 heavy (non-hydrogen) atoms. The van der Waals surface area contributed by atoms with Gasteiger partial charge in [-0.05, 0) is 120 Å². The van der Waals surface area contributed by atoms with E-state index in [4.69, 9.17) is 6.42 Å². The molecule has 0 spiro atoms. The van der Waals surface area contributed by atoms with Gasteiger partial charge >= 0.3 is 0 Å². The molecule has 0 saturated carbocycles. The van der Waals surface area contributed by atoms with E-state index in [1.165, 1.54) is 104 Å². The summed E-state index contributed by atoms with van der Waals surface area (Å²) in [5.41, 5.74) is 12.8. The van der Waals surface area contributed by atoms with Crippen LogP contribution in [0.2, 0.25) is 0 Å². The standard InChI is InChI=1S/C58H34N2/c1-2-36-26-33-50-56-43(37-22-28-40(29-23-37)59-51-18-7-3-13-45(51)46-14-4-8-19-52(46)59)32-27-39-12-11-17-49(55(39)56)58-44(35-34-42(36)57(50)58)38-24-30-41(31-25-38)60-53-20-9-5-15-47(53)48-16-6-10-21-54(48)60/h1,3-35H. The minimum Gasteiger partial charge on any atom is -0.309 e. The molecule has 0 N–H and O–H groups in total. The van der Waals surface area contributed by atoms with Gasteiger partial charge in [0.15, 0.2) is 0 Å². The summed E-state index contributed by atoms with van der Waals surface area (Å²) >= 11 is 0. The van der Waals surface area contributed by atoms with E-state index < -0.39 is 0 Å². The molecule has 0 fully saturated rings. The largest absolute Gasteiger partial charge is 0.309 e. The number of terminal acetylenes is 1. The molecule has 13 rings (SSSR count). The van der Waals surface area contributed by atoms with Crippen molar-refractivity contribution in [3.05, 3.63) is 206 Å². The van der Waals surface area contributed by atoms with Crippen LogP contribution in [0.15, 0.2) is 200 Å². The molecule has 0 amide bonds. The van der Waals surface area contributed by atoms with Gasteiger partial charge in [-0.2, -0.15) is 0 Å². The van der Waals surface area contributed by atoms with Crippen LogP contribution in [0.1, 0.15) is 5.56 Å². The normalized spacial score (nSPS) is 12.0. The van der Waals surface area contributed by atoms with Gasteiger partial charge in [-0.25, -0.2) is 0 Å². The van der Waals surface area contributed by atoms with Crippen molar-refractivity contribution in [1.29, 1.82) is 0 Å². The number of fused-ring (bicyclic) bond motifs is 8. The summed E-state index contributed by atoms with van der Waals surface area (Å²) in [6, 6.07) is 73.2. The van der Waals surface area contributed by atoms with Crippen LogP contribution in [-0.4, -0.2) is 9.13 Å². The van der Waals surface area contributed by atoms with Gasteiger partial charge < -0.3 is 9.13 Å². The second kappa shape index (κ2) is 12.4. The van der Waals surface area contributed by atoms with Crippen LogP contribution < -0.4 is 0 Å². The van der Waals surface area contributed by atoms with Crippen LogP contribution >= 0.6 is 0 Å². The Balaban J connectivity index is 1.02. The van der Waals surface area contributed by atoms with E-state index in [9.17, 15) is 0 Å². The van der Waals surface area contributed by atoms with Crippen LogP contribution in [0.3, 0.4) is 0 Å². The summed E-state index contributed by atoms with van der Waals surface area (Å²) in [7, 11) is 0. The van der Waals surface area contributed by atoms with Crippen LogP contribution in [0, 0.1) is 12.3 Å². The highest BCUT2D eigenvalue weighted by Gasteiger charge is 2.21. The summed E-state index contributed by atoms with van der Waals surface area (Å²) in [6.07, 6.45) is 6.23. The first kappa shape index (κ1) is 32.9. The first-order chi connectivity index (χ1) is 29.7. The fourth-order valence-corrected chi connectivity index (χ4v) is 10.4. The molecule has 276 valence electrons. The topological polar surface area (TPSA) is 9.86 Å². The molecule has 0 aliphatic carbocycles. The Hall–Kier alpha value is -8.12.